The third kappa shape index (κ3) is 3.30. The number of hydrogen-bond acceptors (Lipinski definition) is 3. The van der Waals surface area contributed by atoms with Gasteiger partial charge in [-0.2, -0.15) is 0 Å². The van der Waals surface area contributed by atoms with E-state index in [0.717, 1.165) is 21.7 Å². The second-order valence-corrected chi connectivity index (χ2v) is 4.38. The number of nitrogens with one attached hydrogen (secondary N) is 1. The molecule has 0 atom stereocenters. The summed E-state index contributed by atoms with van der Waals surface area (Å²) in [6, 6.07) is 15.9. The van der Waals surface area contributed by atoms with Crippen LogP contribution in [0.3, 0.4) is 0 Å². The van der Waals surface area contributed by atoms with Gasteiger partial charge in [-0.25, -0.2) is 0 Å². The Morgan fingerprint density at radius 2 is 1.65 bits per heavy atom. The van der Waals surface area contributed by atoms with Gasteiger partial charge in [0.05, 0.1) is 5.69 Å². The lowest BCUT2D eigenvalue weighted by molar-refractivity contribution is 1.35. The first kappa shape index (κ1) is 14.2. The Balaban J connectivity index is 0.00000144. The Morgan fingerprint density at radius 3 is 2.24 bits per heavy atom. The number of hydrazine groups is 1. The van der Waals surface area contributed by atoms with E-state index in [1.807, 2.05) is 48.5 Å². The summed E-state index contributed by atoms with van der Waals surface area (Å²) in [5.41, 5.74) is 5.80. The van der Waals surface area contributed by atoms with E-state index in [9.17, 15) is 0 Å². The molecule has 0 spiro atoms. The molecule has 0 aliphatic rings. The Hall–Kier alpha value is -0.870. The largest absolute Gasteiger partial charge is 0.324 e. The third-order valence-corrected chi connectivity index (χ3v) is 3.32. The van der Waals surface area contributed by atoms with Gasteiger partial charge in [0.2, 0.25) is 0 Å². The van der Waals surface area contributed by atoms with Crippen molar-refractivity contribution in [3.05, 3.63) is 48.5 Å². The van der Waals surface area contributed by atoms with E-state index in [1.54, 1.807) is 0 Å². The molecule has 17 heavy (non-hydrogen) atoms. The maximum absolute atomic E-state index is 5.67. The van der Waals surface area contributed by atoms with E-state index in [4.69, 9.17) is 16.5 Å². The van der Waals surface area contributed by atoms with Crippen molar-refractivity contribution in [2.24, 2.45) is 5.84 Å². The predicted molar refractivity (Wildman–Crippen MR) is 78.6 cm³/mol. The SMILES string of the molecule is Cl.NNc1ccccc1-c1ccc(SCl)cc1. The normalized spacial score (nSPS) is 9.53. The lowest BCUT2D eigenvalue weighted by Crippen LogP contribution is -2.07. The number of nitrogen functional groups attached to an aromatic ring is 1. The first-order valence-electron chi connectivity index (χ1n) is 4.80. The molecule has 0 fully saturated rings. The molecule has 2 aromatic rings. The fourth-order valence-electron chi connectivity index (χ4n) is 1.55. The molecule has 0 saturated heterocycles. The van der Waals surface area contributed by atoms with E-state index >= 15 is 0 Å². The highest BCUT2D eigenvalue weighted by Crippen LogP contribution is 2.29. The zero-order chi connectivity index (χ0) is 11.4. The highest BCUT2D eigenvalue weighted by atomic mass is 35.7. The van der Waals surface area contributed by atoms with Crippen molar-refractivity contribution >= 4 is 39.8 Å². The van der Waals surface area contributed by atoms with Crippen molar-refractivity contribution in [3.63, 3.8) is 0 Å². The van der Waals surface area contributed by atoms with Crippen LogP contribution >= 0.6 is 34.1 Å². The fraction of sp³-hybridized carbons (Fsp3) is 0. The maximum Gasteiger partial charge on any atom is 0.0563 e. The molecule has 0 aliphatic carbocycles. The van der Waals surface area contributed by atoms with Gasteiger partial charge >= 0.3 is 0 Å². The average molecular weight is 287 g/mol. The Labute approximate surface area is 115 Å². The summed E-state index contributed by atoms with van der Waals surface area (Å²) in [6.07, 6.45) is 0. The van der Waals surface area contributed by atoms with Crippen LogP contribution in [0, 0.1) is 0 Å². The molecular formula is C12H12Cl2N2S. The predicted octanol–water partition coefficient (Wildman–Crippen LogP) is 4.31. The van der Waals surface area contributed by atoms with Crippen molar-refractivity contribution in [3.8, 4) is 11.1 Å². The summed E-state index contributed by atoms with van der Waals surface area (Å²) in [7, 11) is 6.88. The van der Waals surface area contributed by atoms with Crippen molar-refractivity contribution < 1.29 is 0 Å². The molecule has 2 aromatic carbocycles. The standard InChI is InChI=1S/C12H11ClN2S.ClH/c13-16-10-7-5-9(6-8-10)11-3-1-2-4-12(11)15-14;/h1-8,15H,14H2;1H. The number of para-hydroxylation sites is 1. The lowest BCUT2D eigenvalue weighted by atomic mass is 10.0. The summed E-state index contributed by atoms with van der Waals surface area (Å²) in [5.74, 6) is 5.47. The van der Waals surface area contributed by atoms with Crippen molar-refractivity contribution in [2.45, 2.75) is 4.90 Å². The monoisotopic (exact) mass is 286 g/mol. The molecule has 2 nitrogen and oxygen atoms in total. The molecule has 0 unspecified atom stereocenters. The van der Waals surface area contributed by atoms with Crippen LogP contribution in [-0.4, -0.2) is 0 Å². The van der Waals surface area contributed by atoms with Crippen molar-refractivity contribution in [2.75, 3.05) is 5.43 Å². The van der Waals surface area contributed by atoms with Gasteiger partial charge in [0.15, 0.2) is 0 Å². The number of halogens is 2. The van der Waals surface area contributed by atoms with Crippen molar-refractivity contribution in [1.82, 2.24) is 0 Å². The number of nitrogens with two attached hydrogens (primary N) is 1. The van der Waals surface area contributed by atoms with Crippen LogP contribution in [0.15, 0.2) is 53.4 Å². The van der Waals surface area contributed by atoms with Gasteiger partial charge in [-0.05, 0) is 45.4 Å². The summed E-state index contributed by atoms with van der Waals surface area (Å²) < 4.78 is 0. The molecular weight excluding hydrogens is 275 g/mol. The van der Waals surface area contributed by atoms with Crippen LogP contribution < -0.4 is 11.3 Å². The average Bonchev–Trinajstić information content (AvgIpc) is 2.39. The van der Waals surface area contributed by atoms with E-state index in [1.165, 1.54) is 11.0 Å². The highest BCUT2D eigenvalue weighted by Gasteiger charge is 2.02. The quantitative estimate of drug-likeness (QED) is 0.652. The second-order valence-electron chi connectivity index (χ2n) is 3.29. The molecule has 0 radical (unpaired) electrons. The minimum Gasteiger partial charge on any atom is -0.324 e. The molecule has 90 valence electrons. The molecule has 0 saturated carbocycles. The van der Waals surface area contributed by atoms with E-state index in [-0.39, 0.29) is 12.4 Å². The van der Waals surface area contributed by atoms with Crippen molar-refractivity contribution in [1.29, 1.82) is 0 Å². The maximum atomic E-state index is 5.67. The smallest absolute Gasteiger partial charge is 0.0563 e. The van der Waals surface area contributed by atoms with Crippen LogP contribution in [0.2, 0.25) is 0 Å². The van der Waals surface area contributed by atoms with E-state index < -0.39 is 0 Å². The number of rotatable bonds is 3. The molecule has 0 aliphatic heterocycles. The Bertz CT molecular complexity index is 474. The van der Waals surface area contributed by atoms with E-state index in [0.29, 0.717) is 0 Å². The van der Waals surface area contributed by atoms with Gasteiger partial charge < -0.3 is 5.43 Å². The van der Waals surface area contributed by atoms with Crippen LogP contribution in [-0.2, 0) is 0 Å². The van der Waals surface area contributed by atoms with Crippen LogP contribution in [0.4, 0.5) is 5.69 Å². The number of hydrogen-bond donors (Lipinski definition) is 2. The van der Waals surface area contributed by atoms with E-state index in [2.05, 4.69) is 5.43 Å². The molecule has 0 bridgehead atoms. The fourth-order valence-corrected chi connectivity index (χ4v) is 2.09. The van der Waals surface area contributed by atoms with Crippen LogP contribution in [0.5, 0.6) is 0 Å². The highest BCUT2D eigenvalue weighted by molar-refractivity contribution is 8.21. The molecule has 0 aromatic heterocycles. The molecule has 5 heteroatoms. The summed E-state index contributed by atoms with van der Waals surface area (Å²) >= 11 is 0. The number of benzene rings is 2. The summed E-state index contributed by atoms with van der Waals surface area (Å²) in [4.78, 5) is 1.03. The third-order valence-electron chi connectivity index (χ3n) is 2.34. The Morgan fingerprint density at radius 1 is 1.00 bits per heavy atom. The topological polar surface area (TPSA) is 38.0 Å². The van der Waals surface area contributed by atoms with Crippen LogP contribution in [0.25, 0.3) is 11.1 Å². The summed E-state index contributed by atoms with van der Waals surface area (Å²) in [6.45, 7) is 0. The van der Waals surface area contributed by atoms with Gasteiger partial charge in [0.25, 0.3) is 0 Å². The lowest BCUT2D eigenvalue weighted by Gasteiger charge is -2.08. The second kappa shape index (κ2) is 6.77. The molecule has 0 heterocycles. The van der Waals surface area contributed by atoms with Gasteiger partial charge in [0.1, 0.15) is 0 Å². The first-order valence-corrected chi connectivity index (χ1v) is 6.44. The van der Waals surface area contributed by atoms with Gasteiger partial charge in [0, 0.05) is 10.5 Å². The van der Waals surface area contributed by atoms with Gasteiger partial charge in [-0.15, -0.1) is 12.4 Å². The number of anilines is 1. The Kier molecular flexibility index (Phi) is 5.65. The first-order chi connectivity index (χ1) is 7.85. The van der Waals surface area contributed by atoms with Gasteiger partial charge in [-0.1, -0.05) is 30.3 Å². The zero-order valence-corrected chi connectivity index (χ0v) is 11.3. The minimum absolute atomic E-state index is 0. The molecule has 3 N–H and O–H groups in total. The minimum atomic E-state index is 0. The molecule has 0 amide bonds. The van der Waals surface area contributed by atoms with Gasteiger partial charge in [-0.3, -0.25) is 5.84 Å². The molecule has 2 rings (SSSR count). The van der Waals surface area contributed by atoms with Crippen LogP contribution in [0.1, 0.15) is 0 Å². The zero-order valence-electron chi connectivity index (χ0n) is 8.89. The summed E-state index contributed by atoms with van der Waals surface area (Å²) in [5, 5.41) is 0.